The summed E-state index contributed by atoms with van der Waals surface area (Å²) in [7, 11) is 0. The Labute approximate surface area is 184 Å². The Bertz CT molecular complexity index is 283. The maximum absolute atomic E-state index is 5.67. The Balaban J connectivity index is 3.48. The third-order valence-corrected chi connectivity index (χ3v) is 6.18. The molecule has 0 rings (SSSR count). The zero-order valence-electron chi connectivity index (χ0n) is 20.3. The Kier molecular flexibility index (Phi) is 25.8. The lowest BCUT2D eigenvalue weighted by atomic mass is 10.0. The summed E-state index contributed by atoms with van der Waals surface area (Å²) in [5, 5.41) is 0. The summed E-state index contributed by atoms with van der Waals surface area (Å²) in [6, 6.07) is 0. The van der Waals surface area contributed by atoms with Crippen LogP contribution < -0.4 is 11.5 Å². The minimum absolute atomic E-state index is 0.837. The van der Waals surface area contributed by atoms with Gasteiger partial charge in [-0.15, -0.1) is 0 Å². The van der Waals surface area contributed by atoms with Crippen molar-refractivity contribution in [2.24, 2.45) is 11.5 Å². The molecule has 0 aromatic rings. The second-order valence-electron chi connectivity index (χ2n) is 9.14. The lowest BCUT2D eigenvalue weighted by Gasteiger charge is -2.22. The number of nitrogens with two attached hydrogens (primary N) is 2. The van der Waals surface area contributed by atoms with E-state index in [2.05, 4.69) is 11.8 Å². The first kappa shape index (κ1) is 28.9. The summed E-state index contributed by atoms with van der Waals surface area (Å²) in [5.74, 6) is 0. The summed E-state index contributed by atoms with van der Waals surface area (Å²) in [5.41, 5.74) is 11.3. The average Bonchev–Trinajstić information content (AvgIpc) is 2.73. The highest BCUT2D eigenvalue weighted by molar-refractivity contribution is 4.60. The van der Waals surface area contributed by atoms with Gasteiger partial charge in [0.25, 0.3) is 0 Å². The molecule has 0 aromatic carbocycles. The van der Waals surface area contributed by atoms with Crippen molar-refractivity contribution in [1.29, 1.82) is 0 Å². The van der Waals surface area contributed by atoms with E-state index in [-0.39, 0.29) is 0 Å². The van der Waals surface area contributed by atoms with Gasteiger partial charge in [0.1, 0.15) is 0 Å². The molecule has 0 saturated carbocycles. The number of hydrogen-bond donors (Lipinski definition) is 2. The lowest BCUT2D eigenvalue weighted by Crippen LogP contribution is -2.27. The number of unbranched alkanes of at least 4 members (excludes halogenated alkanes) is 17. The van der Waals surface area contributed by atoms with Crippen molar-refractivity contribution in [3.05, 3.63) is 0 Å². The van der Waals surface area contributed by atoms with Crippen LogP contribution >= 0.6 is 0 Å². The smallest absolute Gasteiger partial charge is 0.00183 e. The summed E-state index contributed by atoms with van der Waals surface area (Å²) in [6.07, 6.45) is 27.8. The fourth-order valence-corrected chi connectivity index (χ4v) is 4.18. The molecule has 3 nitrogen and oxygen atoms in total. The van der Waals surface area contributed by atoms with Gasteiger partial charge in [-0.05, 0) is 64.8 Å². The van der Waals surface area contributed by atoms with Crippen molar-refractivity contribution in [2.75, 3.05) is 32.7 Å². The molecule has 29 heavy (non-hydrogen) atoms. The van der Waals surface area contributed by atoms with E-state index in [0.717, 1.165) is 13.1 Å². The van der Waals surface area contributed by atoms with Crippen LogP contribution in [0.15, 0.2) is 0 Å². The monoisotopic (exact) mass is 411 g/mol. The first-order valence-corrected chi connectivity index (χ1v) is 13.5. The zero-order valence-corrected chi connectivity index (χ0v) is 20.3. The molecule has 3 heteroatoms. The molecule has 4 N–H and O–H groups in total. The highest BCUT2D eigenvalue weighted by atomic mass is 15.1. The largest absolute Gasteiger partial charge is 0.330 e. The Morgan fingerprint density at radius 3 is 1.03 bits per heavy atom. The van der Waals surface area contributed by atoms with Gasteiger partial charge < -0.3 is 16.4 Å². The van der Waals surface area contributed by atoms with Crippen molar-refractivity contribution >= 4 is 0 Å². The first-order valence-electron chi connectivity index (χ1n) is 13.5. The van der Waals surface area contributed by atoms with E-state index in [1.54, 1.807) is 0 Å². The van der Waals surface area contributed by atoms with Crippen LogP contribution in [0.3, 0.4) is 0 Å². The van der Waals surface area contributed by atoms with E-state index in [4.69, 9.17) is 11.5 Å². The van der Waals surface area contributed by atoms with Crippen LogP contribution in [0.4, 0.5) is 0 Å². The predicted octanol–water partition coefficient (Wildman–Crippen LogP) is 7.03. The summed E-state index contributed by atoms with van der Waals surface area (Å²) < 4.78 is 0. The maximum atomic E-state index is 5.67. The number of rotatable bonds is 25. The third-order valence-electron chi connectivity index (χ3n) is 6.18. The molecule has 0 aliphatic rings. The summed E-state index contributed by atoms with van der Waals surface area (Å²) in [6.45, 7) is 7.79. The molecule has 0 fully saturated rings. The predicted molar refractivity (Wildman–Crippen MR) is 133 cm³/mol. The van der Waals surface area contributed by atoms with Gasteiger partial charge in [-0.25, -0.2) is 0 Å². The Morgan fingerprint density at radius 2 is 0.655 bits per heavy atom. The van der Waals surface area contributed by atoms with E-state index < -0.39 is 0 Å². The van der Waals surface area contributed by atoms with Crippen LogP contribution in [0.2, 0.25) is 0 Å². The standard InChI is InChI=1S/C26H57N3/c1-2-3-4-5-6-7-8-9-10-11-12-13-15-19-24-29(26-21-18-23-28)25-20-16-14-17-22-27/h2-28H2,1H3. The maximum Gasteiger partial charge on any atom is -0.00183 e. The minimum Gasteiger partial charge on any atom is -0.330 e. The Morgan fingerprint density at radius 1 is 0.379 bits per heavy atom. The van der Waals surface area contributed by atoms with Crippen molar-refractivity contribution in [3.63, 3.8) is 0 Å². The van der Waals surface area contributed by atoms with Gasteiger partial charge in [0.15, 0.2) is 0 Å². The fraction of sp³-hybridized carbons (Fsp3) is 1.00. The molecule has 0 spiro atoms. The number of nitrogens with zero attached hydrogens (tertiary/aromatic N) is 1. The zero-order chi connectivity index (χ0) is 21.3. The summed E-state index contributed by atoms with van der Waals surface area (Å²) >= 11 is 0. The van der Waals surface area contributed by atoms with Gasteiger partial charge in [0.05, 0.1) is 0 Å². The SMILES string of the molecule is CCCCCCCCCCCCCCCCN(CCCCN)CCCCCCN. The van der Waals surface area contributed by atoms with Crippen molar-refractivity contribution in [1.82, 2.24) is 4.90 Å². The molecule has 0 amide bonds. The van der Waals surface area contributed by atoms with Crippen LogP contribution in [0.25, 0.3) is 0 Å². The van der Waals surface area contributed by atoms with Crippen molar-refractivity contribution in [3.8, 4) is 0 Å². The minimum atomic E-state index is 0.837. The van der Waals surface area contributed by atoms with Gasteiger partial charge >= 0.3 is 0 Å². The van der Waals surface area contributed by atoms with Gasteiger partial charge in [0, 0.05) is 0 Å². The van der Waals surface area contributed by atoms with E-state index in [1.165, 1.54) is 148 Å². The van der Waals surface area contributed by atoms with Gasteiger partial charge in [-0.2, -0.15) is 0 Å². The molecule has 0 unspecified atom stereocenters. The van der Waals surface area contributed by atoms with Crippen LogP contribution in [0, 0.1) is 0 Å². The first-order chi connectivity index (χ1) is 14.3. The van der Waals surface area contributed by atoms with E-state index in [1.807, 2.05) is 0 Å². The average molecular weight is 412 g/mol. The fourth-order valence-electron chi connectivity index (χ4n) is 4.18. The normalized spacial score (nSPS) is 11.6. The molecule has 0 atom stereocenters. The van der Waals surface area contributed by atoms with Crippen LogP contribution in [0.1, 0.15) is 135 Å². The molecule has 0 saturated heterocycles. The molecule has 0 aromatic heterocycles. The third kappa shape index (κ3) is 24.0. The molecule has 0 heterocycles. The van der Waals surface area contributed by atoms with Crippen LogP contribution in [-0.4, -0.2) is 37.6 Å². The summed E-state index contributed by atoms with van der Waals surface area (Å²) in [4.78, 5) is 2.69. The van der Waals surface area contributed by atoms with Crippen LogP contribution in [-0.2, 0) is 0 Å². The van der Waals surface area contributed by atoms with Crippen molar-refractivity contribution < 1.29 is 0 Å². The quantitative estimate of drug-likeness (QED) is 0.159. The molecule has 0 radical (unpaired) electrons. The molecule has 0 aliphatic heterocycles. The van der Waals surface area contributed by atoms with Crippen molar-refractivity contribution in [2.45, 2.75) is 135 Å². The second kappa shape index (κ2) is 25.9. The molecule has 0 aliphatic carbocycles. The van der Waals surface area contributed by atoms with E-state index in [9.17, 15) is 0 Å². The Hall–Kier alpha value is -0.120. The molecule has 0 bridgehead atoms. The molecular formula is C26H57N3. The van der Waals surface area contributed by atoms with Gasteiger partial charge in [0.2, 0.25) is 0 Å². The topological polar surface area (TPSA) is 55.3 Å². The lowest BCUT2D eigenvalue weighted by molar-refractivity contribution is 0.256. The van der Waals surface area contributed by atoms with E-state index in [0.29, 0.717) is 0 Å². The van der Waals surface area contributed by atoms with Gasteiger partial charge in [-0.1, -0.05) is 103 Å². The van der Waals surface area contributed by atoms with E-state index >= 15 is 0 Å². The molecular weight excluding hydrogens is 354 g/mol. The van der Waals surface area contributed by atoms with Crippen LogP contribution in [0.5, 0.6) is 0 Å². The number of hydrogen-bond acceptors (Lipinski definition) is 3. The highest BCUT2D eigenvalue weighted by Gasteiger charge is 2.04. The second-order valence-corrected chi connectivity index (χ2v) is 9.14. The van der Waals surface area contributed by atoms with Gasteiger partial charge in [-0.3, -0.25) is 0 Å². The highest BCUT2D eigenvalue weighted by Crippen LogP contribution is 2.13. The molecule has 176 valence electrons.